The minimum absolute atomic E-state index is 0.0559. The van der Waals surface area contributed by atoms with Crippen LogP contribution in [0.5, 0.6) is 0 Å². The van der Waals surface area contributed by atoms with Gasteiger partial charge in [-0.15, -0.1) is 0 Å². The third kappa shape index (κ3) is 3.30. The zero-order valence-electron chi connectivity index (χ0n) is 14.7. The number of nitrogens with zero attached hydrogens (tertiary/aromatic N) is 2. The monoisotopic (exact) mass is 347 g/mol. The van der Waals surface area contributed by atoms with Gasteiger partial charge >= 0.3 is 0 Å². The summed E-state index contributed by atoms with van der Waals surface area (Å²) in [6, 6.07) is 15.2. The SMILES string of the molecule is Cc1cccc(NC(=O)CN2CCC3=Nc4ccccc4C(=O)C3C2)c1. The Morgan fingerprint density at radius 2 is 2.08 bits per heavy atom. The lowest BCUT2D eigenvalue weighted by molar-refractivity contribution is -0.117. The van der Waals surface area contributed by atoms with Crippen molar-refractivity contribution in [3.63, 3.8) is 0 Å². The summed E-state index contributed by atoms with van der Waals surface area (Å²) in [5.41, 5.74) is 4.32. The number of amides is 1. The highest BCUT2D eigenvalue weighted by molar-refractivity contribution is 6.18. The molecular weight excluding hydrogens is 326 g/mol. The van der Waals surface area contributed by atoms with Crippen LogP contribution in [0, 0.1) is 12.8 Å². The van der Waals surface area contributed by atoms with E-state index in [1.54, 1.807) is 0 Å². The topological polar surface area (TPSA) is 61.8 Å². The average Bonchev–Trinajstić information content (AvgIpc) is 2.62. The number of aliphatic imine (C=N–C) groups is 1. The number of anilines is 1. The second-order valence-corrected chi connectivity index (χ2v) is 6.94. The summed E-state index contributed by atoms with van der Waals surface area (Å²) in [4.78, 5) is 31.9. The van der Waals surface area contributed by atoms with Crippen LogP contribution in [0.25, 0.3) is 0 Å². The van der Waals surface area contributed by atoms with Crippen LogP contribution in [0.1, 0.15) is 22.3 Å². The molecule has 1 N–H and O–H groups in total. The van der Waals surface area contributed by atoms with Crippen LogP contribution in [0.15, 0.2) is 53.5 Å². The van der Waals surface area contributed by atoms with Crippen LogP contribution < -0.4 is 5.32 Å². The summed E-state index contributed by atoms with van der Waals surface area (Å²) >= 11 is 0. The van der Waals surface area contributed by atoms with Crippen LogP contribution in [0.4, 0.5) is 11.4 Å². The molecule has 0 saturated carbocycles. The van der Waals surface area contributed by atoms with Gasteiger partial charge in [-0.25, -0.2) is 0 Å². The Bertz CT molecular complexity index is 904. The van der Waals surface area contributed by atoms with E-state index in [1.807, 2.05) is 60.4 Å². The lowest BCUT2D eigenvalue weighted by atomic mass is 9.85. The van der Waals surface area contributed by atoms with Gasteiger partial charge in [-0.3, -0.25) is 19.5 Å². The molecule has 2 aliphatic rings. The van der Waals surface area contributed by atoms with Gasteiger partial charge in [0.2, 0.25) is 5.91 Å². The second kappa shape index (κ2) is 6.84. The van der Waals surface area contributed by atoms with Gasteiger partial charge in [-0.05, 0) is 43.2 Å². The highest BCUT2D eigenvalue weighted by atomic mass is 16.2. The molecule has 2 heterocycles. The molecule has 5 heteroatoms. The minimum atomic E-state index is -0.231. The van der Waals surface area contributed by atoms with Gasteiger partial charge in [0.25, 0.3) is 0 Å². The van der Waals surface area contributed by atoms with Crippen LogP contribution in [-0.2, 0) is 4.79 Å². The van der Waals surface area contributed by atoms with Crippen molar-refractivity contribution in [2.24, 2.45) is 10.9 Å². The fraction of sp³-hybridized carbons (Fsp3) is 0.286. The molecule has 1 saturated heterocycles. The van der Waals surface area contributed by atoms with Crippen molar-refractivity contribution in [3.8, 4) is 0 Å². The highest BCUT2D eigenvalue weighted by Gasteiger charge is 2.36. The highest BCUT2D eigenvalue weighted by Crippen LogP contribution is 2.31. The zero-order chi connectivity index (χ0) is 18.1. The van der Waals surface area contributed by atoms with Crippen molar-refractivity contribution in [1.82, 2.24) is 4.90 Å². The number of ketones is 1. The number of para-hydroxylation sites is 1. The molecule has 0 aliphatic carbocycles. The molecule has 0 radical (unpaired) electrons. The van der Waals surface area contributed by atoms with Crippen molar-refractivity contribution < 1.29 is 9.59 Å². The van der Waals surface area contributed by atoms with E-state index in [4.69, 9.17) is 0 Å². The molecule has 1 atom stereocenters. The summed E-state index contributed by atoms with van der Waals surface area (Å²) in [6.45, 7) is 3.57. The van der Waals surface area contributed by atoms with E-state index in [0.29, 0.717) is 12.1 Å². The van der Waals surface area contributed by atoms with Crippen molar-refractivity contribution >= 4 is 28.8 Å². The van der Waals surface area contributed by atoms with Gasteiger partial charge in [0.15, 0.2) is 5.78 Å². The van der Waals surface area contributed by atoms with E-state index in [0.717, 1.165) is 35.6 Å². The number of carbonyl (C=O) groups is 2. The molecule has 1 amide bonds. The first-order chi connectivity index (χ1) is 12.6. The molecule has 132 valence electrons. The molecular formula is C21H21N3O2. The van der Waals surface area contributed by atoms with Crippen molar-refractivity contribution in [1.29, 1.82) is 0 Å². The predicted molar refractivity (Wildman–Crippen MR) is 102 cm³/mol. The fourth-order valence-electron chi connectivity index (χ4n) is 3.66. The number of hydrogen-bond acceptors (Lipinski definition) is 4. The molecule has 0 bridgehead atoms. The third-order valence-electron chi connectivity index (χ3n) is 4.95. The Kier molecular flexibility index (Phi) is 4.39. The molecule has 0 spiro atoms. The molecule has 4 rings (SSSR count). The Hall–Kier alpha value is -2.79. The third-order valence-corrected chi connectivity index (χ3v) is 4.95. The zero-order valence-corrected chi connectivity index (χ0v) is 14.7. The number of hydrogen-bond donors (Lipinski definition) is 1. The maximum absolute atomic E-state index is 12.8. The first kappa shape index (κ1) is 16.7. The summed E-state index contributed by atoms with van der Waals surface area (Å²) in [6.07, 6.45) is 0.725. The van der Waals surface area contributed by atoms with Crippen molar-refractivity contribution in [2.45, 2.75) is 13.3 Å². The van der Waals surface area contributed by atoms with E-state index in [1.165, 1.54) is 0 Å². The predicted octanol–water partition coefficient (Wildman–Crippen LogP) is 3.22. The number of Topliss-reactive ketones (excluding diaryl/α,β-unsaturated/α-hetero) is 1. The van der Waals surface area contributed by atoms with Gasteiger partial charge in [0, 0.05) is 30.1 Å². The van der Waals surface area contributed by atoms with E-state index in [-0.39, 0.29) is 24.2 Å². The standard InChI is InChI=1S/C21H21N3O2/c1-14-5-4-6-15(11-14)22-20(25)13-24-10-9-19-17(12-24)21(26)16-7-2-3-8-18(16)23-19/h2-8,11,17H,9-10,12-13H2,1H3,(H,22,25). The normalized spacial score (nSPS) is 19.3. The Labute approximate surface area is 152 Å². The number of likely N-dealkylation sites (tertiary alicyclic amines) is 1. The number of benzene rings is 2. The first-order valence-corrected chi connectivity index (χ1v) is 8.90. The van der Waals surface area contributed by atoms with Crippen LogP contribution in [-0.4, -0.2) is 41.9 Å². The van der Waals surface area contributed by atoms with Gasteiger partial charge in [0.05, 0.1) is 18.2 Å². The van der Waals surface area contributed by atoms with E-state index >= 15 is 0 Å². The molecule has 1 unspecified atom stereocenters. The number of rotatable bonds is 3. The largest absolute Gasteiger partial charge is 0.325 e. The van der Waals surface area contributed by atoms with E-state index in [9.17, 15) is 9.59 Å². The lowest BCUT2D eigenvalue weighted by Gasteiger charge is -2.34. The minimum Gasteiger partial charge on any atom is -0.325 e. The van der Waals surface area contributed by atoms with Gasteiger partial charge in [-0.2, -0.15) is 0 Å². The Morgan fingerprint density at radius 3 is 2.92 bits per heavy atom. The molecule has 1 fully saturated rings. The number of piperidine rings is 1. The quantitative estimate of drug-likeness (QED) is 0.927. The summed E-state index contributed by atoms with van der Waals surface area (Å²) in [5, 5.41) is 2.93. The Balaban J connectivity index is 1.42. The van der Waals surface area contributed by atoms with Crippen LogP contribution in [0.2, 0.25) is 0 Å². The fourth-order valence-corrected chi connectivity index (χ4v) is 3.66. The van der Waals surface area contributed by atoms with Gasteiger partial charge in [0.1, 0.15) is 0 Å². The lowest BCUT2D eigenvalue weighted by Crippen LogP contribution is -2.47. The van der Waals surface area contributed by atoms with Crippen LogP contribution in [0.3, 0.4) is 0 Å². The summed E-state index contributed by atoms with van der Waals surface area (Å²) in [5.74, 6) is -0.167. The number of nitrogens with one attached hydrogen (secondary N) is 1. The number of aryl methyl sites for hydroxylation is 1. The summed E-state index contributed by atoms with van der Waals surface area (Å²) < 4.78 is 0. The van der Waals surface area contributed by atoms with E-state index < -0.39 is 0 Å². The molecule has 5 nitrogen and oxygen atoms in total. The number of fused-ring (bicyclic) bond motifs is 2. The molecule has 0 aromatic heterocycles. The van der Waals surface area contributed by atoms with Gasteiger partial charge in [-0.1, -0.05) is 24.3 Å². The maximum atomic E-state index is 12.8. The van der Waals surface area contributed by atoms with Crippen molar-refractivity contribution in [2.75, 3.05) is 25.0 Å². The van der Waals surface area contributed by atoms with E-state index in [2.05, 4.69) is 10.3 Å². The Morgan fingerprint density at radius 1 is 1.23 bits per heavy atom. The first-order valence-electron chi connectivity index (χ1n) is 8.90. The van der Waals surface area contributed by atoms with Gasteiger partial charge < -0.3 is 5.32 Å². The average molecular weight is 347 g/mol. The summed E-state index contributed by atoms with van der Waals surface area (Å²) in [7, 11) is 0. The van der Waals surface area contributed by atoms with Crippen LogP contribution >= 0.6 is 0 Å². The molecule has 2 aromatic rings. The second-order valence-electron chi connectivity index (χ2n) is 6.94. The maximum Gasteiger partial charge on any atom is 0.238 e. The molecule has 26 heavy (non-hydrogen) atoms. The number of carbonyl (C=O) groups excluding carboxylic acids is 2. The molecule has 2 aromatic carbocycles. The smallest absolute Gasteiger partial charge is 0.238 e. The molecule has 2 aliphatic heterocycles. The van der Waals surface area contributed by atoms with Crippen molar-refractivity contribution in [3.05, 3.63) is 59.7 Å².